The number of carboxylic acids is 1. The number of carbonyl (C=O) groups is 2. The summed E-state index contributed by atoms with van der Waals surface area (Å²) < 4.78 is 22.6. The van der Waals surface area contributed by atoms with Crippen LogP contribution in [0, 0.1) is 5.92 Å². The summed E-state index contributed by atoms with van der Waals surface area (Å²) >= 11 is 0. The molecule has 0 aliphatic carbocycles. The maximum absolute atomic E-state index is 11.6. The van der Waals surface area contributed by atoms with Crippen LogP contribution in [0.25, 0.3) is 0 Å². The van der Waals surface area contributed by atoms with E-state index in [0.717, 1.165) is 4.31 Å². The molecule has 1 saturated heterocycles. The fraction of sp³-hybridized carbons (Fsp3) is 0.778. The van der Waals surface area contributed by atoms with Gasteiger partial charge in [0, 0.05) is 6.54 Å². The average molecular weight is 249 g/mol. The van der Waals surface area contributed by atoms with Crippen molar-refractivity contribution in [1.82, 2.24) is 4.31 Å². The van der Waals surface area contributed by atoms with Gasteiger partial charge >= 0.3 is 5.97 Å². The minimum Gasteiger partial charge on any atom is -0.481 e. The SMILES string of the molecule is CC(CCN1C(=O)C(C)(C)S1(=O)=O)C(=O)O. The Morgan fingerprint density at radius 3 is 2.38 bits per heavy atom. The average Bonchev–Trinajstić information content (AvgIpc) is 2.16. The molecule has 16 heavy (non-hydrogen) atoms. The molecule has 7 heteroatoms. The van der Waals surface area contributed by atoms with Gasteiger partial charge in [0.1, 0.15) is 0 Å². The summed E-state index contributed by atoms with van der Waals surface area (Å²) in [6, 6.07) is 0. The first kappa shape index (κ1) is 13.0. The van der Waals surface area contributed by atoms with Gasteiger partial charge in [-0.25, -0.2) is 12.7 Å². The molecule has 1 N–H and O–H groups in total. The molecule has 0 bridgehead atoms. The van der Waals surface area contributed by atoms with Crippen LogP contribution < -0.4 is 0 Å². The van der Waals surface area contributed by atoms with E-state index in [-0.39, 0.29) is 13.0 Å². The van der Waals surface area contributed by atoms with Crippen LogP contribution in [0.15, 0.2) is 0 Å². The van der Waals surface area contributed by atoms with Gasteiger partial charge in [0.05, 0.1) is 5.92 Å². The minimum absolute atomic E-state index is 0.0575. The van der Waals surface area contributed by atoms with Crippen LogP contribution in [0.3, 0.4) is 0 Å². The Labute approximate surface area is 94.3 Å². The number of carbonyl (C=O) groups excluding carboxylic acids is 1. The molecular weight excluding hydrogens is 234 g/mol. The van der Waals surface area contributed by atoms with Crippen molar-refractivity contribution in [3.05, 3.63) is 0 Å². The van der Waals surface area contributed by atoms with Gasteiger partial charge in [-0.05, 0) is 20.3 Å². The highest BCUT2D eigenvalue weighted by atomic mass is 32.2. The third-order valence-electron chi connectivity index (χ3n) is 2.86. The van der Waals surface area contributed by atoms with Crippen LogP contribution >= 0.6 is 0 Å². The molecule has 0 aromatic heterocycles. The van der Waals surface area contributed by atoms with Gasteiger partial charge in [-0.3, -0.25) is 9.59 Å². The van der Waals surface area contributed by atoms with Gasteiger partial charge in [-0.1, -0.05) is 6.92 Å². The Morgan fingerprint density at radius 1 is 1.50 bits per heavy atom. The van der Waals surface area contributed by atoms with Crippen LogP contribution in [0.5, 0.6) is 0 Å². The maximum atomic E-state index is 11.6. The summed E-state index contributed by atoms with van der Waals surface area (Å²) in [7, 11) is -3.58. The molecule has 1 amide bonds. The topological polar surface area (TPSA) is 91.8 Å². The van der Waals surface area contributed by atoms with E-state index in [9.17, 15) is 18.0 Å². The van der Waals surface area contributed by atoms with E-state index < -0.39 is 32.6 Å². The Kier molecular flexibility index (Phi) is 3.02. The molecule has 0 saturated carbocycles. The van der Waals surface area contributed by atoms with Gasteiger partial charge < -0.3 is 5.11 Å². The predicted octanol–water partition coefficient (Wildman–Crippen LogP) is 0.0478. The van der Waals surface area contributed by atoms with E-state index in [1.165, 1.54) is 20.8 Å². The lowest BCUT2D eigenvalue weighted by Gasteiger charge is -2.43. The molecule has 1 aliphatic rings. The van der Waals surface area contributed by atoms with Gasteiger partial charge in [0.2, 0.25) is 0 Å². The van der Waals surface area contributed by atoms with Crippen molar-refractivity contribution < 1.29 is 23.1 Å². The molecule has 1 atom stereocenters. The summed E-state index contributed by atoms with van der Waals surface area (Å²) in [5.41, 5.74) is 0. The second-order valence-corrected chi connectivity index (χ2v) is 6.83. The Bertz CT molecular complexity index is 425. The molecule has 1 rings (SSSR count). The van der Waals surface area contributed by atoms with Crippen molar-refractivity contribution in [3.63, 3.8) is 0 Å². The van der Waals surface area contributed by atoms with Gasteiger partial charge in [0.25, 0.3) is 15.9 Å². The first-order valence-electron chi connectivity index (χ1n) is 4.92. The third-order valence-corrected chi connectivity index (χ3v) is 5.26. The maximum Gasteiger partial charge on any atom is 0.306 e. The second-order valence-electron chi connectivity index (χ2n) is 4.42. The van der Waals surface area contributed by atoms with Crippen molar-refractivity contribution in [2.75, 3.05) is 6.54 Å². The molecule has 92 valence electrons. The smallest absolute Gasteiger partial charge is 0.306 e. The molecule has 1 unspecified atom stereocenters. The second kappa shape index (κ2) is 3.73. The van der Waals surface area contributed by atoms with Crippen molar-refractivity contribution in [2.45, 2.75) is 31.9 Å². The number of amides is 1. The monoisotopic (exact) mass is 249 g/mol. The third kappa shape index (κ3) is 1.68. The lowest BCUT2D eigenvalue weighted by atomic mass is 10.1. The Balaban J connectivity index is 2.66. The van der Waals surface area contributed by atoms with E-state index in [2.05, 4.69) is 0 Å². The van der Waals surface area contributed by atoms with E-state index >= 15 is 0 Å². The number of hydrogen-bond acceptors (Lipinski definition) is 4. The van der Waals surface area contributed by atoms with Crippen LogP contribution in [0.2, 0.25) is 0 Å². The molecule has 0 radical (unpaired) electrons. The summed E-state index contributed by atoms with van der Waals surface area (Å²) in [5, 5.41) is 8.63. The zero-order chi connectivity index (χ0) is 12.7. The van der Waals surface area contributed by atoms with Crippen molar-refractivity contribution in [2.24, 2.45) is 5.92 Å². The standard InChI is InChI=1S/C9H15NO5S/c1-6(7(11)12)4-5-10-8(13)9(2,3)16(10,14)15/h6H,4-5H2,1-3H3,(H,11,12). The summed E-state index contributed by atoms with van der Waals surface area (Å²) in [6.07, 6.45) is 0.135. The fourth-order valence-electron chi connectivity index (χ4n) is 1.41. The highest BCUT2D eigenvalue weighted by Gasteiger charge is 2.59. The van der Waals surface area contributed by atoms with Crippen LogP contribution in [-0.2, 0) is 19.6 Å². The first-order chi connectivity index (χ1) is 7.12. The lowest BCUT2D eigenvalue weighted by molar-refractivity contribution is -0.142. The van der Waals surface area contributed by atoms with Crippen molar-refractivity contribution in [3.8, 4) is 0 Å². The fourth-order valence-corrected chi connectivity index (χ4v) is 2.95. The van der Waals surface area contributed by atoms with E-state index in [0.29, 0.717) is 0 Å². The molecule has 0 aromatic rings. The number of nitrogens with zero attached hydrogens (tertiary/aromatic N) is 1. The van der Waals surface area contributed by atoms with E-state index in [4.69, 9.17) is 5.11 Å². The van der Waals surface area contributed by atoms with Gasteiger partial charge in [-0.2, -0.15) is 0 Å². The summed E-state index contributed by atoms with van der Waals surface area (Å²) in [5.74, 6) is -2.12. The summed E-state index contributed by atoms with van der Waals surface area (Å²) in [6.45, 7) is 4.12. The summed E-state index contributed by atoms with van der Waals surface area (Å²) in [4.78, 5) is 22.0. The molecule has 6 nitrogen and oxygen atoms in total. The van der Waals surface area contributed by atoms with Crippen LogP contribution in [0.1, 0.15) is 27.2 Å². The predicted molar refractivity (Wildman–Crippen MR) is 56.1 cm³/mol. The molecule has 1 fully saturated rings. The van der Waals surface area contributed by atoms with Crippen LogP contribution in [-0.4, -0.2) is 41.0 Å². The number of aliphatic carboxylic acids is 1. The number of rotatable bonds is 4. The highest BCUT2D eigenvalue weighted by Crippen LogP contribution is 2.34. The zero-order valence-electron chi connectivity index (χ0n) is 9.43. The lowest BCUT2D eigenvalue weighted by Crippen LogP contribution is -2.67. The number of sulfonamides is 1. The molecule has 0 spiro atoms. The van der Waals surface area contributed by atoms with Crippen molar-refractivity contribution >= 4 is 21.9 Å². The quantitative estimate of drug-likeness (QED) is 0.760. The molecular formula is C9H15NO5S. The number of carboxylic acid groups (broad SMARTS) is 1. The molecule has 1 heterocycles. The van der Waals surface area contributed by atoms with Gasteiger partial charge in [0.15, 0.2) is 4.75 Å². The molecule has 1 aliphatic heterocycles. The van der Waals surface area contributed by atoms with Crippen LogP contribution in [0.4, 0.5) is 0 Å². The zero-order valence-corrected chi connectivity index (χ0v) is 10.2. The van der Waals surface area contributed by atoms with Gasteiger partial charge in [-0.15, -0.1) is 0 Å². The Hall–Kier alpha value is -1.11. The minimum atomic E-state index is -3.58. The van der Waals surface area contributed by atoms with E-state index in [1.807, 2.05) is 0 Å². The number of hydrogen-bond donors (Lipinski definition) is 1. The largest absolute Gasteiger partial charge is 0.481 e. The first-order valence-corrected chi connectivity index (χ1v) is 6.36. The molecule has 0 aromatic carbocycles. The normalized spacial score (nSPS) is 23.7. The van der Waals surface area contributed by atoms with E-state index in [1.54, 1.807) is 0 Å². The highest BCUT2D eigenvalue weighted by molar-refractivity contribution is 7.94. The van der Waals surface area contributed by atoms with Crippen molar-refractivity contribution in [1.29, 1.82) is 0 Å². The Morgan fingerprint density at radius 2 is 2.00 bits per heavy atom.